The molecule has 2 aromatic carbocycles. The van der Waals surface area contributed by atoms with Crippen LogP contribution in [-0.4, -0.2) is 33.7 Å². The van der Waals surface area contributed by atoms with Crippen LogP contribution in [0.3, 0.4) is 0 Å². The van der Waals surface area contributed by atoms with E-state index < -0.39 is 17.5 Å². The molecule has 158 valence electrons. The molecule has 0 saturated heterocycles. The van der Waals surface area contributed by atoms with Gasteiger partial charge in [-0.15, -0.1) is 0 Å². The fourth-order valence-corrected chi connectivity index (χ4v) is 3.16. The maximum atomic E-state index is 13.3. The topological polar surface area (TPSA) is 77.6 Å². The highest BCUT2D eigenvalue weighted by Gasteiger charge is 2.12. The van der Waals surface area contributed by atoms with Crippen LogP contribution in [0.2, 0.25) is 0 Å². The lowest BCUT2D eigenvalue weighted by Crippen LogP contribution is -2.31. The van der Waals surface area contributed by atoms with E-state index in [9.17, 15) is 18.4 Å². The Balaban J connectivity index is 1.49. The number of hydrogen-bond donors (Lipinski definition) is 1. The molecule has 0 fully saturated rings. The van der Waals surface area contributed by atoms with E-state index in [4.69, 9.17) is 4.74 Å². The van der Waals surface area contributed by atoms with Crippen LogP contribution in [0.25, 0.3) is 16.8 Å². The van der Waals surface area contributed by atoms with E-state index in [0.717, 1.165) is 17.7 Å². The van der Waals surface area contributed by atoms with Gasteiger partial charge in [0.05, 0.1) is 12.8 Å². The number of methoxy groups -OCH3 is 1. The highest BCUT2D eigenvalue weighted by Crippen LogP contribution is 2.23. The molecule has 2 aromatic heterocycles. The van der Waals surface area contributed by atoms with Crippen molar-refractivity contribution in [1.29, 1.82) is 0 Å². The summed E-state index contributed by atoms with van der Waals surface area (Å²) in [6.45, 7) is 0.329. The molecule has 2 heterocycles. The first kappa shape index (κ1) is 20.3. The molecule has 1 N–H and O–H groups in total. The Morgan fingerprint density at radius 3 is 2.71 bits per heavy atom. The first-order chi connectivity index (χ1) is 15.0. The van der Waals surface area contributed by atoms with Gasteiger partial charge in [-0.05, 0) is 36.4 Å². The predicted octanol–water partition coefficient (Wildman–Crippen LogP) is 2.88. The zero-order chi connectivity index (χ0) is 22.0. The summed E-state index contributed by atoms with van der Waals surface area (Å²) < 4.78 is 34.4. The van der Waals surface area contributed by atoms with Crippen molar-refractivity contribution in [3.05, 3.63) is 88.5 Å². The molecule has 0 radical (unpaired) electrons. The van der Waals surface area contributed by atoms with Crippen LogP contribution in [0.15, 0.2) is 65.7 Å². The van der Waals surface area contributed by atoms with Crippen molar-refractivity contribution in [2.45, 2.75) is 6.54 Å². The van der Waals surface area contributed by atoms with Crippen molar-refractivity contribution in [1.82, 2.24) is 19.5 Å². The van der Waals surface area contributed by atoms with Crippen molar-refractivity contribution in [3.63, 3.8) is 0 Å². The number of fused-ring (bicyclic) bond motifs is 1. The number of nitrogens with one attached hydrogen (secondary N) is 1. The smallest absolute Gasteiger partial charge is 0.276 e. The molecule has 0 saturated carbocycles. The lowest BCUT2D eigenvalue weighted by molar-refractivity contribution is 0.0951. The van der Waals surface area contributed by atoms with Crippen molar-refractivity contribution < 1.29 is 18.3 Å². The largest absolute Gasteiger partial charge is 0.497 e. The summed E-state index contributed by atoms with van der Waals surface area (Å²) in [5.74, 6) is -1.99. The lowest BCUT2D eigenvalue weighted by Gasteiger charge is -2.08. The number of aromatic nitrogens is 3. The van der Waals surface area contributed by atoms with Gasteiger partial charge < -0.3 is 14.6 Å². The van der Waals surface area contributed by atoms with Gasteiger partial charge in [-0.25, -0.2) is 13.3 Å². The summed E-state index contributed by atoms with van der Waals surface area (Å²) in [5.41, 5.74) is 1.55. The van der Waals surface area contributed by atoms with Gasteiger partial charge in [-0.1, -0.05) is 12.1 Å². The number of hydrogen-bond acceptors (Lipinski definition) is 4. The van der Waals surface area contributed by atoms with Crippen LogP contribution in [-0.2, 0) is 6.54 Å². The average molecular weight is 424 g/mol. The number of amides is 1. The maximum absolute atomic E-state index is 13.3. The van der Waals surface area contributed by atoms with E-state index >= 15 is 0 Å². The van der Waals surface area contributed by atoms with Crippen molar-refractivity contribution >= 4 is 11.4 Å². The van der Waals surface area contributed by atoms with Crippen LogP contribution in [0, 0.1) is 11.6 Å². The summed E-state index contributed by atoms with van der Waals surface area (Å²) in [7, 11) is 1.58. The summed E-state index contributed by atoms with van der Waals surface area (Å²) in [6.07, 6.45) is 3.22. The Kier molecular flexibility index (Phi) is 5.48. The second-order valence-corrected chi connectivity index (χ2v) is 6.77. The van der Waals surface area contributed by atoms with Gasteiger partial charge >= 0.3 is 0 Å². The molecular weight excluding hydrogens is 406 g/mol. The minimum Gasteiger partial charge on any atom is -0.497 e. The zero-order valence-corrected chi connectivity index (χ0v) is 16.5. The average Bonchev–Trinajstić information content (AvgIpc) is 3.22. The van der Waals surface area contributed by atoms with Crippen molar-refractivity contribution in [2.75, 3.05) is 13.7 Å². The van der Waals surface area contributed by atoms with E-state index in [1.807, 2.05) is 24.3 Å². The molecular formula is C22H18F2N4O3. The van der Waals surface area contributed by atoms with Gasteiger partial charge in [0.25, 0.3) is 11.5 Å². The number of halogens is 2. The molecule has 0 spiro atoms. The molecule has 31 heavy (non-hydrogen) atoms. The van der Waals surface area contributed by atoms with Crippen molar-refractivity contribution in [2.24, 2.45) is 0 Å². The van der Waals surface area contributed by atoms with Crippen molar-refractivity contribution in [3.8, 4) is 17.0 Å². The van der Waals surface area contributed by atoms with Crippen LogP contribution in [0.5, 0.6) is 5.75 Å². The predicted molar refractivity (Wildman–Crippen MR) is 110 cm³/mol. The fourth-order valence-electron chi connectivity index (χ4n) is 3.16. The first-order valence-electron chi connectivity index (χ1n) is 9.43. The molecule has 0 unspecified atom stereocenters. The van der Waals surface area contributed by atoms with Gasteiger partial charge in [0, 0.05) is 36.6 Å². The Morgan fingerprint density at radius 1 is 1.10 bits per heavy atom. The van der Waals surface area contributed by atoms with E-state index in [1.54, 1.807) is 25.6 Å². The van der Waals surface area contributed by atoms with E-state index in [0.29, 0.717) is 17.0 Å². The Bertz CT molecular complexity index is 1330. The molecule has 0 atom stereocenters. The molecule has 1 amide bonds. The third-order valence-corrected chi connectivity index (χ3v) is 4.79. The fraction of sp³-hybridized carbons (Fsp3) is 0.136. The number of nitrogens with zero attached hydrogens (tertiary/aromatic N) is 3. The number of carbonyl (C=O) groups is 1. The molecule has 0 aliphatic rings. The summed E-state index contributed by atoms with van der Waals surface area (Å²) in [5, 5.41) is 7.02. The highest BCUT2D eigenvalue weighted by molar-refractivity contribution is 5.94. The van der Waals surface area contributed by atoms with Gasteiger partial charge in [0.15, 0.2) is 11.6 Å². The second kappa shape index (κ2) is 8.39. The van der Waals surface area contributed by atoms with Gasteiger partial charge in [-0.3, -0.25) is 9.59 Å². The van der Waals surface area contributed by atoms with E-state index in [1.165, 1.54) is 15.1 Å². The Labute approximate surface area is 175 Å². The van der Waals surface area contributed by atoms with Crippen LogP contribution in [0.1, 0.15) is 10.4 Å². The molecule has 0 bridgehead atoms. The normalized spacial score (nSPS) is 10.9. The SMILES string of the molecule is COc1cccc(-c2cc3c(=O)n(CCNC(=O)c4ccc(F)c(F)c4)ccn3n2)c1. The standard InChI is InChI=1S/C22H18F2N4O3/c1-31-16-4-2-3-14(11-16)19-13-20-22(30)27(9-10-28(20)26-19)8-7-25-21(29)15-5-6-17(23)18(24)12-15/h2-6,9-13H,7-8H2,1H3,(H,25,29). The zero-order valence-electron chi connectivity index (χ0n) is 16.5. The lowest BCUT2D eigenvalue weighted by atomic mass is 10.1. The molecule has 4 aromatic rings. The second-order valence-electron chi connectivity index (χ2n) is 6.77. The monoisotopic (exact) mass is 424 g/mol. The van der Waals surface area contributed by atoms with Gasteiger partial charge in [0.2, 0.25) is 0 Å². The quantitative estimate of drug-likeness (QED) is 0.516. The number of rotatable bonds is 6. The highest BCUT2D eigenvalue weighted by atomic mass is 19.2. The molecule has 4 rings (SSSR count). The first-order valence-corrected chi connectivity index (χ1v) is 9.43. The molecule has 7 nitrogen and oxygen atoms in total. The maximum Gasteiger partial charge on any atom is 0.276 e. The third-order valence-electron chi connectivity index (χ3n) is 4.79. The molecule has 0 aliphatic carbocycles. The van der Waals surface area contributed by atoms with Crippen LogP contribution >= 0.6 is 0 Å². The number of carbonyl (C=O) groups excluding carboxylic acids is 1. The molecule has 0 aliphatic heterocycles. The molecule has 9 heteroatoms. The number of benzene rings is 2. The Hall–Kier alpha value is -4.01. The van der Waals surface area contributed by atoms with Crippen LogP contribution < -0.4 is 15.6 Å². The van der Waals surface area contributed by atoms with E-state index in [-0.39, 0.29) is 24.2 Å². The minimum absolute atomic E-state index is 0.000389. The Morgan fingerprint density at radius 2 is 1.94 bits per heavy atom. The summed E-state index contributed by atoms with van der Waals surface area (Å²) in [4.78, 5) is 24.9. The summed E-state index contributed by atoms with van der Waals surface area (Å²) in [6, 6.07) is 12.0. The number of ether oxygens (including phenoxy) is 1. The van der Waals surface area contributed by atoms with Crippen LogP contribution in [0.4, 0.5) is 8.78 Å². The van der Waals surface area contributed by atoms with Gasteiger partial charge in [0.1, 0.15) is 11.3 Å². The van der Waals surface area contributed by atoms with Gasteiger partial charge in [-0.2, -0.15) is 5.10 Å². The van der Waals surface area contributed by atoms with E-state index in [2.05, 4.69) is 10.4 Å². The third kappa shape index (κ3) is 4.16. The minimum atomic E-state index is -1.10. The summed E-state index contributed by atoms with van der Waals surface area (Å²) >= 11 is 0.